The maximum absolute atomic E-state index is 3.63. The lowest BCUT2D eigenvalue weighted by Crippen LogP contribution is -2.29. The Morgan fingerprint density at radius 1 is 1.05 bits per heavy atom. The average Bonchev–Trinajstić information content (AvgIpc) is 2.44. The van der Waals surface area contributed by atoms with E-state index in [9.17, 15) is 0 Å². The van der Waals surface area contributed by atoms with Gasteiger partial charge in [-0.05, 0) is 78.2 Å². The second-order valence-corrected chi connectivity index (χ2v) is 6.22. The van der Waals surface area contributed by atoms with Crippen LogP contribution in [0.25, 0.3) is 0 Å². The SMILES string of the molecule is CCNC(CCN(C)CCCN(C)C)c1ccccc1C. The van der Waals surface area contributed by atoms with E-state index in [1.807, 2.05) is 0 Å². The fourth-order valence-corrected chi connectivity index (χ4v) is 2.71. The minimum atomic E-state index is 0.465. The van der Waals surface area contributed by atoms with Gasteiger partial charge in [0.1, 0.15) is 0 Å². The van der Waals surface area contributed by atoms with E-state index < -0.39 is 0 Å². The number of benzene rings is 1. The van der Waals surface area contributed by atoms with Gasteiger partial charge < -0.3 is 15.1 Å². The molecular formula is C18H33N3. The van der Waals surface area contributed by atoms with Crippen LogP contribution in [0.5, 0.6) is 0 Å². The Kier molecular flexibility index (Phi) is 8.58. The van der Waals surface area contributed by atoms with Crippen molar-refractivity contribution in [2.45, 2.75) is 32.7 Å². The summed E-state index contributed by atoms with van der Waals surface area (Å²) in [6, 6.07) is 9.20. The third kappa shape index (κ3) is 7.07. The molecule has 1 aromatic rings. The number of rotatable bonds is 10. The molecule has 3 nitrogen and oxygen atoms in total. The van der Waals surface area contributed by atoms with Crippen molar-refractivity contribution in [1.82, 2.24) is 15.1 Å². The van der Waals surface area contributed by atoms with Gasteiger partial charge in [-0.3, -0.25) is 0 Å². The van der Waals surface area contributed by atoms with E-state index in [4.69, 9.17) is 0 Å². The monoisotopic (exact) mass is 291 g/mol. The molecule has 0 amide bonds. The number of hydrogen-bond donors (Lipinski definition) is 1. The Balaban J connectivity index is 2.46. The van der Waals surface area contributed by atoms with Crippen LogP contribution in [0.4, 0.5) is 0 Å². The van der Waals surface area contributed by atoms with Gasteiger partial charge in [0.25, 0.3) is 0 Å². The summed E-state index contributed by atoms with van der Waals surface area (Å²) < 4.78 is 0. The van der Waals surface area contributed by atoms with E-state index in [-0.39, 0.29) is 0 Å². The van der Waals surface area contributed by atoms with Crippen LogP contribution in [0, 0.1) is 6.92 Å². The first-order valence-electron chi connectivity index (χ1n) is 8.16. The van der Waals surface area contributed by atoms with Crippen LogP contribution >= 0.6 is 0 Å². The maximum atomic E-state index is 3.63. The van der Waals surface area contributed by atoms with E-state index in [1.165, 1.54) is 30.6 Å². The molecule has 1 aromatic carbocycles. The first kappa shape index (κ1) is 18.1. The van der Waals surface area contributed by atoms with Crippen LogP contribution in [0.2, 0.25) is 0 Å². The highest BCUT2D eigenvalue weighted by Gasteiger charge is 2.13. The fourth-order valence-electron chi connectivity index (χ4n) is 2.71. The largest absolute Gasteiger partial charge is 0.310 e. The molecule has 120 valence electrons. The van der Waals surface area contributed by atoms with E-state index in [2.05, 4.69) is 74.4 Å². The minimum absolute atomic E-state index is 0.465. The molecule has 0 saturated heterocycles. The molecule has 1 unspecified atom stereocenters. The molecule has 1 atom stereocenters. The molecule has 1 rings (SSSR count). The number of nitrogens with one attached hydrogen (secondary N) is 1. The Bertz CT molecular complexity index is 390. The second-order valence-electron chi connectivity index (χ2n) is 6.22. The van der Waals surface area contributed by atoms with Crippen LogP contribution in [0.3, 0.4) is 0 Å². The second kappa shape index (κ2) is 9.93. The summed E-state index contributed by atoms with van der Waals surface area (Å²) in [6.07, 6.45) is 2.40. The summed E-state index contributed by atoms with van der Waals surface area (Å²) in [5.41, 5.74) is 2.83. The van der Waals surface area contributed by atoms with Gasteiger partial charge in [-0.2, -0.15) is 0 Å². The summed E-state index contributed by atoms with van der Waals surface area (Å²) in [4.78, 5) is 4.70. The molecule has 21 heavy (non-hydrogen) atoms. The van der Waals surface area contributed by atoms with E-state index in [0.717, 1.165) is 19.5 Å². The molecule has 0 aliphatic rings. The highest BCUT2D eigenvalue weighted by molar-refractivity contribution is 5.28. The van der Waals surface area contributed by atoms with Gasteiger partial charge in [-0.15, -0.1) is 0 Å². The first-order chi connectivity index (χ1) is 10.0. The highest BCUT2D eigenvalue weighted by Crippen LogP contribution is 2.20. The van der Waals surface area contributed by atoms with Gasteiger partial charge in [-0.25, -0.2) is 0 Å². The fraction of sp³-hybridized carbons (Fsp3) is 0.667. The summed E-state index contributed by atoms with van der Waals surface area (Å²) in [5.74, 6) is 0. The normalized spacial score (nSPS) is 13.1. The average molecular weight is 291 g/mol. The minimum Gasteiger partial charge on any atom is -0.310 e. The number of hydrogen-bond acceptors (Lipinski definition) is 3. The van der Waals surface area contributed by atoms with Gasteiger partial charge in [0, 0.05) is 6.04 Å². The molecule has 0 aliphatic heterocycles. The van der Waals surface area contributed by atoms with E-state index in [1.54, 1.807) is 0 Å². The molecule has 0 bridgehead atoms. The summed E-state index contributed by atoms with van der Waals surface area (Å²) in [5, 5.41) is 3.63. The Morgan fingerprint density at radius 3 is 2.38 bits per heavy atom. The molecule has 0 saturated carbocycles. The highest BCUT2D eigenvalue weighted by atomic mass is 15.1. The third-order valence-corrected chi connectivity index (χ3v) is 3.96. The van der Waals surface area contributed by atoms with Crippen LogP contribution < -0.4 is 5.32 Å². The Hall–Kier alpha value is -0.900. The van der Waals surface area contributed by atoms with Crippen LogP contribution in [-0.4, -0.2) is 57.1 Å². The van der Waals surface area contributed by atoms with Gasteiger partial charge in [-0.1, -0.05) is 31.2 Å². The van der Waals surface area contributed by atoms with Crippen molar-refractivity contribution in [3.05, 3.63) is 35.4 Å². The van der Waals surface area contributed by atoms with Crippen molar-refractivity contribution in [2.24, 2.45) is 0 Å². The van der Waals surface area contributed by atoms with Crippen molar-refractivity contribution in [3.63, 3.8) is 0 Å². The lowest BCUT2D eigenvalue weighted by Gasteiger charge is -2.24. The van der Waals surface area contributed by atoms with Crippen molar-refractivity contribution >= 4 is 0 Å². The third-order valence-electron chi connectivity index (χ3n) is 3.96. The standard InChI is InChI=1S/C18H33N3/c1-6-19-18(17-11-8-7-10-16(17)2)12-15-21(5)14-9-13-20(3)4/h7-8,10-11,18-19H,6,9,12-15H2,1-5H3. The van der Waals surface area contributed by atoms with Crippen LogP contribution in [0.1, 0.15) is 36.9 Å². The first-order valence-corrected chi connectivity index (χ1v) is 8.16. The van der Waals surface area contributed by atoms with E-state index in [0.29, 0.717) is 6.04 Å². The Morgan fingerprint density at radius 2 is 1.76 bits per heavy atom. The van der Waals surface area contributed by atoms with Crippen molar-refractivity contribution in [1.29, 1.82) is 0 Å². The quantitative estimate of drug-likeness (QED) is 0.715. The maximum Gasteiger partial charge on any atom is 0.0334 e. The molecule has 0 heterocycles. The molecule has 0 spiro atoms. The van der Waals surface area contributed by atoms with Gasteiger partial charge in [0.05, 0.1) is 0 Å². The van der Waals surface area contributed by atoms with E-state index >= 15 is 0 Å². The van der Waals surface area contributed by atoms with Gasteiger partial charge >= 0.3 is 0 Å². The zero-order valence-electron chi connectivity index (χ0n) is 14.5. The molecule has 0 aromatic heterocycles. The van der Waals surface area contributed by atoms with Gasteiger partial charge in [0.2, 0.25) is 0 Å². The predicted molar refractivity (Wildman–Crippen MR) is 92.9 cm³/mol. The molecule has 0 fully saturated rings. The predicted octanol–water partition coefficient (Wildman–Crippen LogP) is 2.92. The molecular weight excluding hydrogens is 258 g/mol. The molecule has 1 N–H and O–H groups in total. The Labute approximate surface area is 131 Å². The molecule has 0 radical (unpaired) electrons. The zero-order valence-corrected chi connectivity index (χ0v) is 14.5. The smallest absolute Gasteiger partial charge is 0.0334 e. The summed E-state index contributed by atoms with van der Waals surface area (Å²) >= 11 is 0. The zero-order chi connectivity index (χ0) is 15.7. The number of aryl methyl sites for hydroxylation is 1. The molecule has 3 heteroatoms. The topological polar surface area (TPSA) is 18.5 Å². The summed E-state index contributed by atoms with van der Waals surface area (Å²) in [6.45, 7) is 8.89. The van der Waals surface area contributed by atoms with Crippen molar-refractivity contribution in [2.75, 3.05) is 47.3 Å². The van der Waals surface area contributed by atoms with Crippen LogP contribution in [-0.2, 0) is 0 Å². The lowest BCUT2D eigenvalue weighted by atomic mass is 9.98. The molecule has 0 aliphatic carbocycles. The van der Waals surface area contributed by atoms with Gasteiger partial charge in [0.15, 0.2) is 0 Å². The summed E-state index contributed by atoms with van der Waals surface area (Å²) in [7, 11) is 6.51. The van der Waals surface area contributed by atoms with Crippen LogP contribution in [0.15, 0.2) is 24.3 Å². The van der Waals surface area contributed by atoms with Crippen molar-refractivity contribution in [3.8, 4) is 0 Å². The lowest BCUT2D eigenvalue weighted by molar-refractivity contribution is 0.284. The number of nitrogens with zero attached hydrogens (tertiary/aromatic N) is 2. The van der Waals surface area contributed by atoms with Crippen molar-refractivity contribution < 1.29 is 0 Å².